The Kier molecular flexibility index (Phi) is 6.45. The molecule has 2 aromatic rings. The average molecular weight is 332 g/mol. The molecule has 0 fully saturated rings. The summed E-state index contributed by atoms with van der Waals surface area (Å²) in [4.78, 5) is 8.74. The van der Waals surface area contributed by atoms with Gasteiger partial charge in [-0.3, -0.25) is 4.99 Å². The van der Waals surface area contributed by atoms with E-state index in [1.54, 1.807) is 12.1 Å². The minimum atomic E-state index is 0.422. The van der Waals surface area contributed by atoms with Crippen molar-refractivity contribution >= 4 is 17.6 Å². The number of nitrogens with one attached hydrogen (secondary N) is 2. The standard InChI is InChI=1S/C16H18ClN5O/c1-3-9-19-16(18-4-2)20-10-8-14-21-15(22-23-14)12-6-5-7-13(17)11-12/h1,5-7,11H,4,8-10H2,2H3,(H2,18,19,20). The van der Waals surface area contributed by atoms with E-state index >= 15 is 0 Å². The highest BCUT2D eigenvalue weighted by Crippen LogP contribution is 2.19. The van der Waals surface area contributed by atoms with Crippen molar-refractivity contribution in [2.75, 3.05) is 19.6 Å². The van der Waals surface area contributed by atoms with Crippen LogP contribution in [0.1, 0.15) is 12.8 Å². The number of hydrogen-bond acceptors (Lipinski definition) is 4. The fraction of sp³-hybridized carbons (Fsp3) is 0.312. The Morgan fingerprint density at radius 2 is 2.30 bits per heavy atom. The lowest BCUT2D eigenvalue weighted by Gasteiger charge is -2.07. The van der Waals surface area contributed by atoms with Crippen LogP contribution in [0.15, 0.2) is 33.8 Å². The van der Waals surface area contributed by atoms with Crippen LogP contribution in [0.5, 0.6) is 0 Å². The van der Waals surface area contributed by atoms with Crippen LogP contribution in [-0.4, -0.2) is 35.7 Å². The van der Waals surface area contributed by atoms with Gasteiger partial charge in [0.05, 0.1) is 13.1 Å². The number of hydrogen-bond donors (Lipinski definition) is 2. The van der Waals surface area contributed by atoms with E-state index in [2.05, 4.69) is 31.7 Å². The Morgan fingerprint density at radius 3 is 3.04 bits per heavy atom. The van der Waals surface area contributed by atoms with Crippen molar-refractivity contribution < 1.29 is 4.52 Å². The van der Waals surface area contributed by atoms with Gasteiger partial charge in [-0.25, -0.2) is 0 Å². The molecular weight excluding hydrogens is 314 g/mol. The van der Waals surface area contributed by atoms with Crippen LogP contribution >= 0.6 is 11.6 Å². The molecule has 0 aliphatic rings. The molecule has 2 rings (SSSR count). The Labute approximate surface area is 140 Å². The van der Waals surface area contributed by atoms with E-state index in [4.69, 9.17) is 22.5 Å². The van der Waals surface area contributed by atoms with E-state index in [1.807, 2.05) is 19.1 Å². The predicted molar refractivity (Wildman–Crippen MR) is 91.3 cm³/mol. The third-order valence-electron chi connectivity index (χ3n) is 2.85. The Balaban J connectivity index is 1.95. The number of guanidine groups is 1. The second kappa shape index (κ2) is 8.81. The predicted octanol–water partition coefficient (Wildman–Crippen LogP) is 2.12. The molecule has 23 heavy (non-hydrogen) atoms. The second-order valence-electron chi connectivity index (χ2n) is 4.59. The molecule has 1 heterocycles. The highest BCUT2D eigenvalue weighted by atomic mass is 35.5. The zero-order chi connectivity index (χ0) is 16.5. The van der Waals surface area contributed by atoms with E-state index in [-0.39, 0.29) is 0 Å². The number of halogens is 1. The number of rotatable bonds is 6. The van der Waals surface area contributed by atoms with E-state index < -0.39 is 0 Å². The largest absolute Gasteiger partial charge is 0.357 e. The third kappa shape index (κ3) is 5.31. The smallest absolute Gasteiger partial charge is 0.228 e. The molecule has 0 saturated heterocycles. The summed E-state index contributed by atoms with van der Waals surface area (Å²) < 4.78 is 5.24. The average Bonchev–Trinajstić information content (AvgIpc) is 3.01. The van der Waals surface area contributed by atoms with Crippen LogP contribution in [0, 0.1) is 12.3 Å². The molecule has 0 saturated carbocycles. The maximum Gasteiger partial charge on any atom is 0.228 e. The van der Waals surface area contributed by atoms with Crippen molar-refractivity contribution in [2.45, 2.75) is 13.3 Å². The van der Waals surface area contributed by atoms with Gasteiger partial charge in [0.15, 0.2) is 5.96 Å². The summed E-state index contributed by atoms with van der Waals surface area (Å²) in [5.41, 5.74) is 0.819. The second-order valence-corrected chi connectivity index (χ2v) is 5.03. The number of nitrogens with zero attached hydrogens (tertiary/aromatic N) is 3. The number of aliphatic imine (C=N–C) groups is 1. The number of terminal acetylenes is 1. The molecule has 0 aliphatic heterocycles. The van der Waals surface area contributed by atoms with Crippen LogP contribution < -0.4 is 10.6 Å². The first-order valence-corrected chi connectivity index (χ1v) is 7.65. The molecule has 0 aliphatic carbocycles. The summed E-state index contributed by atoms with van der Waals surface area (Å²) in [6.07, 6.45) is 5.77. The fourth-order valence-electron chi connectivity index (χ4n) is 1.84. The summed E-state index contributed by atoms with van der Waals surface area (Å²) in [5, 5.41) is 10.7. The van der Waals surface area contributed by atoms with Crippen molar-refractivity contribution in [3.05, 3.63) is 35.2 Å². The first kappa shape index (κ1) is 16.8. The van der Waals surface area contributed by atoms with Gasteiger partial charge in [0, 0.05) is 23.6 Å². The van der Waals surface area contributed by atoms with Crippen LogP contribution in [0.25, 0.3) is 11.4 Å². The maximum atomic E-state index is 5.96. The minimum Gasteiger partial charge on any atom is -0.357 e. The quantitative estimate of drug-likeness (QED) is 0.482. The molecule has 0 bridgehead atoms. The van der Waals surface area contributed by atoms with E-state index in [9.17, 15) is 0 Å². The first-order chi connectivity index (χ1) is 11.2. The van der Waals surface area contributed by atoms with E-state index in [0.29, 0.717) is 42.2 Å². The fourth-order valence-corrected chi connectivity index (χ4v) is 2.03. The molecule has 1 aromatic heterocycles. The van der Waals surface area contributed by atoms with Crippen molar-refractivity contribution in [2.24, 2.45) is 4.99 Å². The Hall–Kier alpha value is -2.52. The molecule has 120 valence electrons. The lowest BCUT2D eigenvalue weighted by Crippen LogP contribution is -2.37. The highest BCUT2D eigenvalue weighted by Gasteiger charge is 2.08. The van der Waals surface area contributed by atoms with Crippen molar-refractivity contribution in [3.8, 4) is 23.7 Å². The summed E-state index contributed by atoms with van der Waals surface area (Å²) in [6.45, 7) is 3.68. The van der Waals surface area contributed by atoms with Gasteiger partial charge in [0.25, 0.3) is 0 Å². The molecule has 0 spiro atoms. The monoisotopic (exact) mass is 331 g/mol. The molecule has 0 atom stereocenters. The van der Waals surface area contributed by atoms with Crippen LogP contribution in [0.2, 0.25) is 5.02 Å². The van der Waals surface area contributed by atoms with Gasteiger partial charge in [0.1, 0.15) is 0 Å². The molecule has 0 amide bonds. The van der Waals surface area contributed by atoms with Gasteiger partial charge in [-0.05, 0) is 19.1 Å². The van der Waals surface area contributed by atoms with Crippen molar-refractivity contribution in [1.29, 1.82) is 0 Å². The van der Waals surface area contributed by atoms with E-state index in [0.717, 1.165) is 12.1 Å². The van der Waals surface area contributed by atoms with E-state index in [1.165, 1.54) is 0 Å². The molecule has 7 heteroatoms. The molecular formula is C16H18ClN5O. The first-order valence-electron chi connectivity index (χ1n) is 7.27. The molecule has 6 nitrogen and oxygen atoms in total. The highest BCUT2D eigenvalue weighted by molar-refractivity contribution is 6.30. The zero-order valence-corrected chi connectivity index (χ0v) is 13.6. The summed E-state index contributed by atoms with van der Waals surface area (Å²) >= 11 is 5.96. The van der Waals surface area contributed by atoms with Crippen LogP contribution in [-0.2, 0) is 6.42 Å². The number of aromatic nitrogens is 2. The van der Waals surface area contributed by atoms with Crippen molar-refractivity contribution in [3.63, 3.8) is 0 Å². The van der Waals surface area contributed by atoms with Crippen LogP contribution in [0.4, 0.5) is 0 Å². The molecule has 2 N–H and O–H groups in total. The van der Waals surface area contributed by atoms with Gasteiger partial charge in [-0.15, -0.1) is 6.42 Å². The SMILES string of the molecule is C#CCNC(=NCCc1nc(-c2cccc(Cl)c2)no1)NCC. The summed E-state index contributed by atoms with van der Waals surface area (Å²) in [5.74, 6) is 4.22. The van der Waals surface area contributed by atoms with Gasteiger partial charge in [-0.2, -0.15) is 4.98 Å². The molecule has 1 aromatic carbocycles. The molecule has 0 radical (unpaired) electrons. The van der Waals surface area contributed by atoms with Gasteiger partial charge in [0.2, 0.25) is 11.7 Å². The van der Waals surface area contributed by atoms with Crippen LogP contribution in [0.3, 0.4) is 0 Å². The third-order valence-corrected chi connectivity index (χ3v) is 3.08. The van der Waals surface area contributed by atoms with Gasteiger partial charge < -0.3 is 15.2 Å². The molecule has 0 unspecified atom stereocenters. The maximum absolute atomic E-state index is 5.96. The minimum absolute atomic E-state index is 0.422. The lowest BCUT2D eigenvalue weighted by molar-refractivity contribution is 0.380. The Bertz CT molecular complexity index is 704. The van der Waals surface area contributed by atoms with Crippen molar-refractivity contribution in [1.82, 2.24) is 20.8 Å². The summed E-state index contributed by atoms with van der Waals surface area (Å²) in [6, 6.07) is 7.32. The Morgan fingerprint density at radius 1 is 1.43 bits per heavy atom. The van der Waals surface area contributed by atoms with Gasteiger partial charge >= 0.3 is 0 Å². The number of benzene rings is 1. The zero-order valence-electron chi connectivity index (χ0n) is 12.8. The topological polar surface area (TPSA) is 75.3 Å². The summed E-state index contributed by atoms with van der Waals surface area (Å²) in [7, 11) is 0. The lowest BCUT2D eigenvalue weighted by atomic mass is 10.2. The van der Waals surface area contributed by atoms with Gasteiger partial charge in [-0.1, -0.05) is 34.8 Å². The normalized spacial score (nSPS) is 11.1.